The van der Waals surface area contributed by atoms with Crippen LogP contribution < -0.4 is 5.73 Å². The molecule has 0 saturated carbocycles. The fourth-order valence-corrected chi connectivity index (χ4v) is 2.58. The predicted octanol–water partition coefficient (Wildman–Crippen LogP) is 1.14. The van der Waals surface area contributed by atoms with Crippen molar-refractivity contribution < 1.29 is 8.42 Å². The second kappa shape index (κ2) is 5.79. The van der Waals surface area contributed by atoms with Crippen LogP contribution in [0.5, 0.6) is 0 Å². The van der Waals surface area contributed by atoms with Crippen molar-refractivity contribution in [1.82, 2.24) is 14.8 Å². The summed E-state index contributed by atoms with van der Waals surface area (Å²) in [5.74, 6) is 0.861. The Bertz CT molecular complexity index is 493. The summed E-state index contributed by atoms with van der Waals surface area (Å²) in [5, 5.41) is 7.76. The topological polar surface area (TPSA) is 90.9 Å². The van der Waals surface area contributed by atoms with E-state index in [1.165, 1.54) is 0 Å². The van der Waals surface area contributed by atoms with Gasteiger partial charge in [-0.25, -0.2) is 8.42 Å². The van der Waals surface area contributed by atoms with Crippen LogP contribution in [0, 0.1) is 5.92 Å². The summed E-state index contributed by atoms with van der Waals surface area (Å²) in [5.41, 5.74) is 6.02. The molecule has 0 aliphatic carbocycles. The number of aromatic nitrogens is 3. The summed E-state index contributed by atoms with van der Waals surface area (Å²) in [7, 11) is -3.37. The highest BCUT2D eigenvalue weighted by molar-refractivity contribution is 7.90. The van der Waals surface area contributed by atoms with Gasteiger partial charge in [-0.3, -0.25) is 0 Å². The standard InChI is InChI=1S/C11H22N4O2S/c1-5-6-9(12)10-13-14-11(18(4,16)17)15(10)7-8(2)3/h8-9H,5-7,12H2,1-4H3. The number of hydrogen-bond acceptors (Lipinski definition) is 5. The van der Waals surface area contributed by atoms with Gasteiger partial charge in [0.2, 0.25) is 15.0 Å². The SMILES string of the molecule is CCCC(N)c1nnc(S(C)(=O)=O)n1CC(C)C. The molecule has 0 amide bonds. The lowest BCUT2D eigenvalue weighted by Gasteiger charge is -2.15. The van der Waals surface area contributed by atoms with Gasteiger partial charge in [0.1, 0.15) is 0 Å². The summed E-state index contributed by atoms with van der Waals surface area (Å²) < 4.78 is 25.0. The Balaban J connectivity index is 3.23. The third-order valence-corrected chi connectivity index (χ3v) is 3.52. The summed E-state index contributed by atoms with van der Waals surface area (Å²) >= 11 is 0. The van der Waals surface area contributed by atoms with E-state index >= 15 is 0 Å². The van der Waals surface area contributed by atoms with Gasteiger partial charge in [0.25, 0.3) is 0 Å². The summed E-state index contributed by atoms with van der Waals surface area (Å²) in [6.45, 7) is 6.62. The minimum Gasteiger partial charge on any atom is -0.321 e. The van der Waals surface area contributed by atoms with Gasteiger partial charge < -0.3 is 10.3 Å². The molecule has 1 unspecified atom stereocenters. The van der Waals surface area contributed by atoms with E-state index in [2.05, 4.69) is 10.2 Å². The average molecular weight is 274 g/mol. The quantitative estimate of drug-likeness (QED) is 0.840. The van der Waals surface area contributed by atoms with Crippen LogP contribution in [0.2, 0.25) is 0 Å². The van der Waals surface area contributed by atoms with E-state index < -0.39 is 9.84 Å². The van der Waals surface area contributed by atoms with Gasteiger partial charge in [0, 0.05) is 12.8 Å². The Hall–Kier alpha value is -0.950. The molecule has 1 aromatic rings. The lowest BCUT2D eigenvalue weighted by atomic mass is 10.1. The smallest absolute Gasteiger partial charge is 0.249 e. The molecule has 2 N–H and O–H groups in total. The summed E-state index contributed by atoms with van der Waals surface area (Å²) in [4.78, 5) is 0. The highest BCUT2D eigenvalue weighted by Crippen LogP contribution is 2.19. The van der Waals surface area contributed by atoms with Crippen molar-refractivity contribution >= 4 is 9.84 Å². The van der Waals surface area contributed by atoms with Crippen molar-refractivity contribution in [3.8, 4) is 0 Å². The number of sulfone groups is 1. The van der Waals surface area contributed by atoms with Gasteiger partial charge >= 0.3 is 0 Å². The second-order valence-electron chi connectivity index (χ2n) is 5.01. The van der Waals surface area contributed by atoms with Crippen molar-refractivity contribution in [1.29, 1.82) is 0 Å². The minimum atomic E-state index is -3.37. The number of hydrogen-bond donors (Lipinski definition) is 1. The summed E-state index contributed by atoms with van der Waals surface area (Å²) in [6, 6.07) is -0.267. The normalized spacial score (nSPS) is 14.1. The lowest BCUT2D eigenvalue weighted by molar-refractivity contribution is 0.450. The van der Waals surface area contributed by atoms with Gasteiger partial charge in [-0.1, -0.05) is 27.2 Å². The van der Waals surface area contributed by atoms with Gasteiger partial charge in [-0.05, 0) is 12.3 Å². The first-order valence-electron chi connectivity index (χ1n) is 6.16. The number of nitrogens with two attached hydrogens (primary N) is 1. The maximum absolute atomic E-state index is 11.7. The van der Waals surface area contributed by atoms with Crippen LogP contribution in [0.15, 0.2) is 5.16 Å². The van der Waals surface area contributed by atoms with Crippen LogP contribution in [-0.2, 0) is 16.4 Å². The van der Waals surface area contributed by atoms with Crippen LogP contribution >= 0.6 is 0 Å². The zero-order valence-corrected chi connectivity index (χ0v) is 12.2. The molecule has 0 saturated heterocycles. The molecule has 1 rings (SSSR count). The third-order valence-electron chi connectivity index (χ3n) is 2.56. The molecule has 0 aliphatic rings. The Labute approximate surface area is 109 Å². The van der Waals surface area contributed by atoms with Crippen molar-refractivity contribution in [2.45, 2.75) is 51.4 Å². The summed E-state index contributed by atoms with van der Waals surface area (Å²) in [6.07, 6.45) is 2.83. The van der Waals surface area contributed by atoms with Gasteiger partial charge in [-0.15, -0.1) is 10.2 Å². The van der Waals surface area contributed by atoms with Gasteiger partial charge in [0.15, 0.2) is 5.82 Å². The number of nitrogens with zero attached hydrogens (tertiary/aromatic N) is 3. The van der Waals surface area contributed by atoms with Crippen LogP contribution in [-0.4, -0.2) is 29.4 Å². The van der Waals surface area contributed by atoms with E-state index in [0.29, 0.717) is 18.3 Å². The number of rotatable bonds is 6. The fraction of sp³-hybridized carbons (Fsp3) is 0.818. The molecule has 1 aromatic heterocycles. The molecule has 0 spiro atoms. The first kappa shape index (κ1) is 15.1. The molecule has 0 bridgehead atoms. The monoisotopic (exact) mass is 274 g/mol. The molecule has 104 valence electrons. The van der Waals surface area contributed by atoms with E-state index in [9.17, 15) is 8.42 Å². The largest absolute Gasteiger partial charge is 0.321 e. The molecule has 1 atom stereocenters. The van der Waals surface area contributed by atoms with Crippen LogP contribution in [0.4, 0.5) is 0 Å². The van der Waals surface area contributed by atoms with Crippen LogP contribution in [0.25, 0.3) is 0 Å². The molecular formula is C11H22N4O2S. The Kier molecular flexibility index (Phi) is 4.86. The lowest BCUT2D eigenvalue weighted by Crippen LogP contribution is -2.20. The highest BCUT2D eigenvalue weighted by atomic mass is 32.2. The van der Waals surface area contributed by atoms with Gasteiger partial charge in [0.05, 0.1) is 6.04 Å². The first-order chi connectivity index (χ1) is 8.27. The Morgan fingerprint density at radius 1 is 1.33 bits per heavy atom. The Morgan fingerprint density at radius 3 is 2.39 bits per heavy atom. The van der Waals surface area contributed by atoms with E-state index in [-0.39, 0.29) is 11.2 Å². The van der Waals surface area contributed by atoms with Crippen molar-refractivity contribution in [2.75, 3.05) is 6.26 Å². The third kappa shape index (κ3) is 3.52. The molecule has 0 radical (unpaired) electrons. The fourth-order valence-electron chi connectivity index (χ4n) is 1.83. The molecule has 1 heterocycles. The van der Waals surface area contributed by atoms with Gasteiger partial charge in [-0.2, -0.15) is 0 Å². The maximum atomic E-state index is 11.7. The minimum absolute atomic E-state index is 0.0118. The van der Waals surface area contributed by atoms with E-state index in [0.717, 1.165) is 19.1 Å². The van der Waals surface area contributed by atoms with Crippen molar-refractivity contribution in [3.05, 3.63) is 5.82 Å². The van der Waals surface area contributed by atoms with E-state index in [1.807, 2.05) is 20.8 Å². The molecule has 6 nitrogen and oxygen atoms in total. The molecule has 0 aromatic carbocycles. The first-order valence-corrected chi connectivity index (χ1v) is 8.05. The molecule has 18 heavy (non-hydrogen) atoms. The molecule has 0 aliphatic heterocycles. The van der Waals surface area contributed by atoms with E-state index in [1.54, 1.807) is 4.57 Å². The second-order valence-corrected chi connectivity index (χ2v) is 6.92. The maximum Gasteiger partial charge on any atom is 0.249 e. The Morgan fingerprint density at radius 2 is 1.94 bits per heavy atom. The zero-order chi connectivity index (χ0) is 13.9. The zero-order valence-electron chi connectivity index (χ0n) is 11.4. The molecular weight excluding hydrogens is 252 g/mol. The predicted molar refractivity (Wildman–Crippen MR) is 69.8 cm³/mol. The highest BCUT2D eigenvalue weighted by Gasteiger charge is 2.23. The van der Waals surface area contributed by atoms with Crippen molar-refractivity contribution in [2.24, 2.45) is 11.7 Å². The van der Waals surface area contributed by atoms with Crippen LogP contribution in [0.3, 0.4) is 0 Å². The molecule has 0 fully saturated rings. The molecule has 7 heteroatoms. The van der Waals surface area contributed by atoms with Crippen molar-refractivity contribution in [3.63, 3.8) is 0 Å². The average Bonchev–Trinajstić information content (AvgIpc) is 2.60. The van der Waals surface area contributed by atoms with Crippen LogP contribution in [0.1, 0.15) is 45.5 Å². The van der Waals surface area contributed by atoms with E-state index in [4.69, 9.17) is 5.73 Å².